The van der Waals surface area contributed by atoms with Crippen LogP contribution in [-0.2, 0) is 34.6 Å². The maximum atomic E-state index is 14.4. The topological polar surface area (TPSA) is 103 Å². The number of sulfone groups is 1. The molecule has 0 atom stereocenters. The van der Waals surface area contributed by atoms with E-state index in [4.69, 9.17) is 32.5 Å². The van der Waals surface area contributed by atoms with Gasteiger partial charge in [0.15, 0.2) is 21.3 Å². The van der Waals surface area contributed by atoms with Crippen LogP contribution in [0.25, 0.3) is 11.3 Å². The molecule has 14 heteroatoms. The molecule has 0 saturated heterocycles. The summed E-state index contributed by atoms with van der Waals surface area (Å²) in [4.78, 5) is 18.2. The third-order valence-corrected chi connectivity index (χ3v) is 11.2. The number of aromatic nitrogens is 2. The normalized spacial score (nSPS) is 13.6. The van der Waals surface area contributed by atoms with Crippen LogP contribution in [0.5, 0.6) is 5.88 Å². The molecule has 2 heterocycles. The van der Waals surface area contributed by atoms with Gasteiger partial charge >= 0.3 is 6.18 Å². The Balaban J connectivity index is 1.15. The van der Waals surface area contributed by atoms with Crippen molar-refractivity contribution in [2.24, 2.45) is 0 Å². The summed E-state index contributed by atoms with van der Waals surface area (Å²) in [5.74, 6) is -0.881. The monoisotopic (exact) mass is 785 g/mol. The molecule has 6 rings (SSSR count). The highest BCUT2D eigenvalue weighted by Gasteiger charge is 2.38. The second-order valence-electron chi connectivity index (χ2n) is 14.1. The van der Waals surface area contributed by atoms with E-state index in [1.807, 2.05) is 20.8 Å². The minimum Gasteiger partial charge on any atom is -0.473 e. The van der Waals surface area contributed by atoms with Crippen molar-refractivity contribution >= 4 is 44.5 Å². The van der Waals surface area contributed by atoms with E-state index in [0.717, 1.165) is 18.4 Å². The zero-order valence-corrected chi connectivity index (χ0v) is 31.6. The largest absolute Gasteiger partial charge is 0.473 e. The molecule has 0 radical (unpaired) electrons. The zero-order chi connectivity index (χ0) is 38.3. The van der Waals surface area contributed by atoms with E-state index in [0.29, 0.717) is 38.2 Å². The first kappa shape index (κ1) is 38.3. The number of rotatable bonds is 12. The summed E-state index contributed by atoms with van der Waals surface area (Å²) in [5.41, 5.74) is 1.55. The summed E-state index contributed by atoms with van der Waals surface area (Å²) >= 11 is 12.9. The molecule has 0 unspecified atom stereocenters. The molecule has 1 saturated carbocycles. The number of carbonyl (C=O) groups is 1. The molecule has 0 N–H and O–H groups in total. The highest BCUT2D eigenvalue weighted by Crippen LogP contribution is 2.46. The van der Waals surface area contributed by atoms with Crippen LogP contribution in [-0.4, -0.2) is 37.1 Å². The molecular weight excluding hydrogens is 750 g/mol. The number of benzene rings is 3. The lowest BCUT2D eigenvalue weighted by molar-refractivity contribution is -0.140. The Morgan fingerprint density at radius 1 is 0.943 bits per heavy atom. The Morgan fingerprint density at radius 3 is 2.17 bits per heavy atom. The van der Waals surface area contributed by atoms with Gasteiger partial charge in [0.25, 0.3) is 0 Å². The summed E-state index contributed by atoms with van der Waals surface area (Å²) in [6, 6.07) is 20.2. The maximum Gasteiger partial charge on any atom is 0.435 e. The highest BCUT2D eigenvalue weighted by molar-refractivity contribution is 7.92. The van der Waals surface area contributed by atoms with Gasteiger partial charge in [0.2, 0.25) is 5.88 Å². The number of pyridine rings is 1. The number of ether oxygens (including phenoxy) is 1. The van der Waals surface area contributed by atoms with Crippen molar-refractivity contribution in [3.8, 4) is 17.1 Å². The number of alkyl halides is 3. The first-order valence-corrected chi connectivity index (χ1v) is 19.1. The van der Waals surface area contributed by atoms with E-state index in [9.17, 15) is 26.4 Å². The van der Waals surface area contributed by atoms with Crippen LogP contribution < -0.4 is 9.64 Å². The van der Waals surface area contributed by atoms with Gasteiger partial charge in [-0.15, -0.1) is 0 Å². The Morgan fingerprint density at radius 2 is 1.58 bits per heavy atom. The minimum atomic E-state index is -4.82. The van der Waals surface area contributed by atoms with E-state index < -0.39 is 33.2 Å². The summed E-state index contributed by atoms with van der Waals surface area (Å²) < 4.78 is 80.5. The van der Waals surface area contributed by atoms with Crippen LogP contribution in [0.4, 0.5) is 18.9 Å². The molecule has 278 valence electrons. The van der Waals surface area contributed by atoms with Gasteiger partial charge in [-0.25, -0.2) is 13.4 Å². The van der Waals surface area contributed by atoms with Gasteiger partial charge in [-0.3, -0.25) is 4.79 Å². The number of Topliss-reactive ketones (excluding diaryl/α,β-unsaturated/α-hetero) is 1. The van der Waals surface area contributed by atoms with E-state index >= 15 is 0 Å². The molecule has 53 heavy (non-hydrogen) atoms. The maximum absolute atomic E-state index is 14.4. The van der Waals surface area contributed by atoms with Crippen molar-refractivity contribution in [3.63, 3.8) is 0 Å². The fourth-order valence-corrected chi connectivity index (χ4v) is 7.69. The van der Waals surface area contributed by atoms with Gasteiger partial charge in [0.05, 0.1) is 26.2 Å². The van der Waals surface area contributed by atoms with Crippen LogP contribution in [0.15, 0.2) is 88.3 Å². The molecule has 0 amide bonds. The number of hydrogen-bond donors (Lipinski definition) is 0. The number of halogens is 5. The van der Waals surface area contributed by atoms with Crippen LogP contribution in [0.1, 0.15) is 78.0 Å². The zero-order valence-electron chi connectivity index (χ0n) is 29.3. The first-order valence-electron chi connectivity index (χ1n) is 16.7. The van der Waals surface area contributed by atoms with E-state index in [-0.39, 0.29) is 46.5 Å². The summed E-state index contributed by atoms with van der Waals surface area (Å²) in [7, 11) is -2.41. The quantitative estimate of drug-likeness (QED) is 0.115. The van der Waals surface area contributed by atoms with Crippen molar-refractivity contribution < 1.29 is 35.6 Å². The molecule has 1 aliphatic rings. The van der Waals surface area contributed by atoms with Gasteiger partial charge in [0.1, 0.15) is 23.8 Å². The van der Waals surface area contributed by atoms with Crippen molar-refractivity contribution in [1.29, 1.82) is 0 Å². The Hall–Kier alpha value is -4.39. The van der Waals surface area contributed by atoms with Crippen LogP contribution >= 0.6 is 23.2 Å². The average molecular weight is 787 g/mol. The van der Waals surface area contributed by atoms with E-state index in [1.165, 1.54) is 48.3 Å². The predicted octanol–water partition coefficient (Wildman–Crippen LogP) is 10.1. The number of ketones is 1. The summed E-state index contributed by atoms with van der Waals surface area (Å²) in [6.07, 6.45) is -3.06. The number of nitrogens with zero attached hydrogens (tertiary/aromatic N) is 3. The van der Waals surface area contributed by atoms with E-state index in [2.05, 4.69) is 10.1 Å². The van der Waals surface area contributed by atoms with Crippen molar-refractivity contribution in [1.82, 2.24) is 10.1 Å². The van der Waals surface area contributed by atoms with Gasteiger partial charge < -0.3 is 14.2 Å². The summed E-state index contributed by atoms with van der Waals surface area (Å²) in [5, 5.41) is 4.87. The Labute approximate surface area is 315 Å². The predicted molar refractivity (Wildman–Crippen MR) is 198 cm³/mol. The molecule has 5 aromatic rings. The minimum absolute atomic E-state index is 0.0330. The molecular formula is C39H36Cl2F3N3O5S. The van der Waals surface area contributed by atoms with E-state index in [1.54, 1.807) is 42.5 Å². The van der Waals surface area contributed by atoms with Crippen molar-refractivity contribution in [2.75, 3.05) is 17.7 Å². The molecule has 1 fully saturated rings. The average Bonchev–Trinajstić information content (AvgIpc) is 3.86. The lowest BCUT2D eigenvalue weighted by Gasteiger charge is -2.23. The van der Waals surface area contributed by atoms with Crippen LogP contribution in [0, 0.1) is 0 Å². The smallest absolute Gasteiger partial charge is 0.435 e. The highest BCUT2D eigenvalue weighted by atomic mass is 35.5. The molecule has 2 aromatic heterocycles. The third-order valence-electron chi connectivity index (χ3n) is 8.96. The fraction of sp³-hybridized carbons (Fsp3) is 0.308. The second kappa shape index (κ2) is 14.8. The van der Waals surface area contributed by atoms with Crippen LogP contribution in [0.3, 0.4) is 0 Å². The Bertz CT molecular complexity index is 2230. The molecule has 0 spiro atoms. The van der Waals surface area contributed by atoms with Gasteiger partial charge in [-0.05, 0) is 59.7 Å². The van der Waals surface area contributed by atoms with Gasteiger partial charge in [0, 0.05) is 36.7 Å². The SMILES string of the molecule is CN(Cc1ccc(C(=O)CS(=O)(=O)c2ccc(C(C)(C)C)cc2)cc1)c1ccc(OCc2c(-c3c(Cl)cccc3Cl)noc2C2CC2)nc1C(F)(F)F. The molecule has 0 aliphatic heterocycles. The standard InChI is InChI=1S/C39H36Cl2F3N3O5S/c1-38(2,3)26-14-16-27(17-15-26)53(49,50)22-32(48)24-10-8-23(9-11-24)20-47(4)31-18-19-33(45-37(31)39(42,43)44)51-21-28-35(46-52-36(28)25-12-13-25)34-29(40)6-5-7-30(34)41/h5-11,14-19,25H,12-13,20-22H2,1-4H3. The van der Waals surface area contributed by atoms with Crippen LogP contribution in [0.2, 0.25) is 10.0 Å². The lowest BCUT2D eigenvalue weighted by Crippen LogP contribution is -2.22. The number of carbonyl (C=O) groups excluding carboxylic acids is 1. The molecule has 8 nitrogen and oxygen atoms in total. The Kier molecular flexibility index (Phi) is 10.7. The fourth-order valence-electron chi connectivity index (χ4n) is 5.88. The number of anilines is 1. The molecule has 3 aromatic carbocycles. The lowest BCUT2D eigenvalue weighted by atomic mass is 9.87. The molecule has 1 aliphatic carbocycles. The van der Waals surface area contributed by atoms with Crippen molar-refractivity contribution in [2.45, 2.75) is 69.2 Å². The van der Waals surface area contributed by atoms with Gasteiger partial charge in [-0.1, -0.05) is 91.6 Å². The second-order valence-corrected chi connectivity index (χ2v) is 16.9. The molecule has 0 bridgehead atoms. The number of hydrogen-bond acceptors (Lipinski definition) is 8. The third kappa shape index (κ3) is 8.71. The first-order chi connectivity index (χ1) is 24.9. The van der Waals surface area contributed by atoms with Gasteiger partial charge in [-0.2, -0.15) is 13.2 Å². The van der Waals surface area contributed by atoms with Crippen molar-refractivity contribution in [3.05, 3.63) is 123 Å². The summed E-state index contributed by atoms with van der Waals surface area (Å²) in [6.45, 7) is 5.90.